The van der Waals surface area contributed by atoms with Crippen LogP contribution in [0.15, 0.2) is 24.3 Å². The number of hydrogen-bond donors (Lipinski definition) is 1. The number of carbonyl (C=O) groups excluding carboxylic acids is 1. The Balaban J connectivity index is 1.93. The second kappa shape index (κ2) is 5.87. The molecule has 1 heterocycles. The Hall–Kier alpha value is -1.55. The molecule has 2 rings (SSSR count). The summed E-state index contributed by atoms with van der Waals surface area (Å²) in [5.41, 5.74) is 0.639. The standard InChI is InChI=1S/C14H19NO3/c1-10(13-4-3-9-18-13)15-14(16)11-5-7-12(17-2)8-6-11/h5-8,10,13H,3-4,9H2,1-2H3,(H,15,16)/t10-,13-/m1/s1. The molecule has 0 aliphatic carbocycles. The van der Waals surface area contributed by atoms with E-state index in [0.29, 0.717) is 5.56 Å². The van der Waals surface area contributed by atoms with Crippen molar-refractivity contribution in [3.05, 3.63) is 29.8 Å². The normalized spacial score (nSPS) is 20.4. The molecule has 4 heteroatoms. The van der Waals surface area contributed by atoms with E-state index in [1.165, 1.54) is 0 Å². The molecule has 98 valence electrons. The summed E-state index contributed by atoms with van der Waals surface area (Å²) in [4.78, 5) is 12.0. The minimum atomic E-state index is -0.0688. The summed E-state index contributed by atoms with van der Waals surface area (Å²) in [6.45, 7) is 2.78. The first-order valence-electron chi connectivity index (χ1n) is 6.27. The van der Waals surface area contributed by atoms with E-state index < -0.39 is 0 Å². The number of amides is 1. The van der Waals surface area contributed by atoms with Gasteiger partial charge in [0.15, 0.2) is 0 Å². The van der Waals surface area contributed by atoms with E-state index in [9.17, 15) is 4.79 Å². The molecule has 0 saturated carbocycles. The van der Waals surface area contributed by atoms with Crippen LogP contribution in [0.2, 0.25) is 0 Å². The van der Waals surface area contributed by atoms with Crippen molar-refractivity contribution in [3.8, 4) is 5.75 Å². The molecular weight excluding hydrogens is 230 g/mol. The average Bonchev–Trinajstić information content (AvgIpc) is 2.92. The number of carbonyl (C=O) groups is 1. The topological polar surface area (TPSA) is 47.6 Å². The number of rotatable bonds is 4. The highest BCUT2D eigenvalue weighted by Gasteiger charge is 2.23. The fourth-order valence-corrected chi connectivity index (χ4v) is 2.12. The molecule has 0 bridgehead atoms. The third-order valence-corrected chi connectivity index (χ3v) is 3.23. The largest absolute Gasteiger partial charge is 0.497 e. The van der Waals surface area contributed by atoms with Crippen LogP contribution in [0.5, 0.6) is 5.75 Å². The number of nitrogens with one attached hydrogen (secondary N) is 1. The first kappa shape index (κ1) is 12.9. The van der Waals surface area contributed by atoms with Gasteiger partial charge >= 0.3 is 0 Å². The van der Waals surface area contributed by atoms with Crippen molar-refractivity contribution in [2.24, 2.45) is 0 Å². The Kier molecular flexibility index (Phi) is 4.20. The van der Waals surface area contributed by atoms with Gasteiger partial charge in [0.2, 0.25) is 0 Å². The highest BCUT2D eigenvalue weighted by Crippen LogP contribution is 2.16. The summed E-state index contributed by atoms with van der Waals surface area (Å²) in [5, 5.41) is 2.97. The molecule has 0 spiro atoms. The van der Waals surface area contributed by atoms with Crippen molar-refractivity contribution in [1.29, 1.82) is 0 Å². The Morgan fingerprint density at radius 1 is 1.44 bits per heavy atom. The minimum Gasteiger partial charge on any atom is -0.497 e. The van der Waals surface area contributed by atoms with Crippen molar-refractivity contribution in [3.63, 3.8) is 0 Å². The maximum Gasteiger partial charge on any atom is 0.251 e. The van der Waals surface area contributed by atoms with Crippen LogP contribution in [0.1, 0.15) is 30.1 Å². The summed E-state index contributed by atoms with van der Waals surface area (Å²) < 4.78 is 10.6. The molecule has 1 aliphatic rings. The lowest BCUT2D eigenvalue weighted by Gasteiger charge is -2.20. The fraction of sp³-hybridized carbons (Fsp3) is 0.500. The molecule has 0 radical (unpaired) electrons. The van der Waals surface area contributed by atoms with E-state index in [4.69, 9.17) is 9.47 Å². The monoisotopic (exact) mass is 249 g/mol. The minimum absolute atomic E-state index is 0.0436. The van der Waals surface area contributed by atoms with Crippen LogP contribution < -0.4 is 10.1 Å². The number of methoxy groups -OCH3 is 1. The van der Waals surface area contributed by atoms with E-state index >= 15 is 0 Å². The van der Waals surface area contributed by atoms with Crippen LogP contribution in [-0.4, -0.2) is 31.8 Å². The molecule has 1 fully saturated rings. The molecule has 1 saturated heterocycles. The van der Waals surface area contributed by atoms with Gasteiger partial charge in [0.05, 0.1) is 19.3 Å². The lowest BCUT2D eigenvalue weighted by molar-refractivity contribution is 0.0712. The molecule has 1 N–H and O–H groups in total. The second-order valence-electron chi connectivity index (χ2n) is 4.54. The highest BCUT2D eigenvalue weighted by atomic mass is 16.5. The van der Waals surface area contributed by atoms with Crippen molar-refractivity contribution < 1.29 is 14.3 Å². The number of ether oxygens (including phenoxy) is 2. The van der Waals surface area contributed by atoms with Crippen LogP contribution in [0.25, 0.3) is 0 Å². The average molecular weight is 249 g/mol. The quantitative estimate of drug-likeness (QED) is 0.887. The molecule has 1 aromatic rings. The summed E-state index contributed by atoms with van der Waals surface area (Å²) in [7, 11) is 1.61. The number of benzene rings is 1. The van der Waals surface area contributed by atoms with Gasteiger partial charge in [-0.15, -0.1) is 0 Å². The van der Waals surface area contributed by atoms with Gasteiger partial charge in [0.25, 0.3) is 5.91 Å². The Morgan fingerprint density at radius 2 is 2.17 bits per heavy atom. The fourth-order valence-electron chi connectivity index (χ4n) is 2.12. The first-order chi connectivity index (χ1) is 8.70. The predicted octanol–water partition coefficient (Wildman–Crippen LogP) is 1.99. The summed E-state index contributed by atoms with van der Waals surface area (Å²) in [6, 6.07) is 7.13. The second-order valence-corrected chi connectivity index (χ2v) is 4.54. The third kappa shape index (κ3) is 3.01. The molecule has 1 aromatic carbocycles. The van der Waals surface area contributed by atoms with E-state index in [2.05, 4.69) is 5.32 Å². The van der Waals surface area contributed by atoms with Crippen molar-refractivity contribution >= 4 is 5.91 Å². The van der Waals surface area contributed by atoms with Gasteiger partial charge in [-0.25, -0.2) is 0 Å². The van der Waals surface area contributed by atoms with Gasteiger partial charge in [-0.05, 0) is 44.0 Å². The van der Waals surface area contributed by atoms with Crippen LogP contribution >= 0.6 is 0 Å². The first-order valence-corrected chi connectivity index (χ1v) is 6.27. The molecular formula is C14H19NO3. The van der Waals surface area contributed by atoms with Crippen LogP contribution in [0.4, 0.5) is 0 Å². The highest BCUT2D eigenvalue weighted by molar-refractivity contribution is 5.94. The van der Waals surface area contributed by atoms with E-state index in [1.807, 2.05) is 6.92 Å². The Morgan fingerprint density at radius 3 is 2.72 bits per heavy atom. The van der Waals surface area contributed by atoms with Gasteiger partial charge in [-0.2, -0.15) is 0 Å². The summed E-state index contributed by atoms with van der Waals surface area (Å²) in [5.74, 6) is 0.680. The molecule has 0 unspecified atom stereocenters. The van der Waals surface area contributed by atoms with Gasteiger partial charge in [0, 0.05) is 12.2 Å². The Bertz CT molecular complexity index is 396. The summed E-state index contributed by atoms with van der Waals surface area (Å²) in [6.07, 6.45) is 2.24. The zero-order valence-electron chi connectivity index (χ0n) is 10.8. The third-order valence-electron chi connectivity index (χ3n) is 3.23. The zero-order valence-corrected chi connectivity index (χ0v) is 10.8. The van der Waals surface area contributed by atoms with Crippen LogP contribution in [-0.2, 0) is 4.74 Å². The zero-order chi connectivity index (χ0) is 13.0. The Labute approximate surface area is 107 Å². The molecule has 0 aromatic heterocycles. The van der Waals surface area contributed by atoms with E-state index in [1.54, 1.807) is 31.4 Å². The predicted molar refractivity (Wildman–Crippen MR) is 68.9 cm³/mol. The maximum absolute atomic E-state index is 12.0. The molecule has 1 amide bonds. The van der Waals surface area contributed by atoms with Crippen LogP contribution in [0, 0.1) is 0 Å². The van der Waals surface area contributed by atoms with Crippen LogP contribution in [0.3, 0.4) is 0 Å². The summed E-state index contributed by atoms with van der Waals surface area (Å²) >= 11 is 0. The lowest BCUT2D eigenvalue weighted by atomic mass is 10.1. The number of hydrogen-bond acceptors (Lipinski definition) is 3. The lowest BCUT2D eigenvalue weighted by Crippen LogP contribution is -2.40. The van der Waals surface area contributed by atoms with E-state index in [0.717, 1.165) is 25.2 Å². The van der Waals surface area contributed by atoms with Gasteiger partial charge < -0.3 is 14.8 Å². The smallest absolute Gasteiger partial charge is 0.251 e. The maximum atomic E-state index is 12.0. The van der Waals surface area contributed by atoms with Crippen molar-refractivity contribution in [1.82, 2.24) is 5.32 Å². The van der Waals surface area contributed by atoms with Crippen molar-refractivity contribution in [2.75, 3.05) is 13.7 Å². The van der Waals surface area contributed by atoms with Crippen molar-refractivity contribution in [2.45, 2.75) is 31.9 Å². The van der Waals surface area contributed by atoms with Gasteiger partial charge in [-0.1, -0.05) is 0 Å². The van der Waals surface area contributed by atoms with E-state index in [-0.39, 0.29) is 18.1 Å². The van der Waals surface area contributed by atoms with Gasteiger partial charge in [-0.3, -0.25) is 4.79 Å². The molecule has 4 nitrogen and oxygen atoms in total. The molecule has 2 atom stereocenters. The molecule has 1 aliphatic heterocycles. The van der Waals surface area contributed by atoms with Gasteiger partial charge in [0.1, 0.15) is 5.75 Å². The SMILES string of the molecule is COc1ccc(C(=O)N[C@H](C)[C@H]2CCCO2)cc1. The molecule has 18 heavy (non-hydrogen) atoms.